The predicted molar refractivity (Wildman–Crippen MR) is 56.3 cm³/mol. The van der Waals surface area contributed by atoms with Crippen molar-refractivity contribution in [2.45, 2.75) is 11.4 Å². The van der Waals surface area contributed by atoms with Crippen LogP contribution >= 0.6 is 8.03 Å². The van der Waals surface area contributed by atoms with Gasteiger partial charge in [0, 0.05) is 0 Å². The first-order valence-corrected chi connectivity index (χ1v) is 5.08. The van der Waals surface area contributed by atoms with Gasteiger partial charge in [0.15, 0.2) is 0 Å². The van der Waals surface area contributed by atoms with E-state index in [4.69, 9.17) is 26.2 Å². The van der Waals surface area contributed by atoms with Crippen molar-refractivity contribution in [1.82, 2.24) is 0 Å². The van der Waals surface area contributed by atoms with Crippen LogP contribution < -0.4 is 5.73 Å². The van der Waals surface area contributed by atoms with Crippen LogP contribution in [0, 0.1) is 0 Å². The Morgan fingerprint density at radius 1 is 1.56 bits per heavy atom. The van der Waals surface area contributed by atoms with E-state index < -0.39 is 45.2 Å². The van der Waals surface area contributed by atoms with Crippen molar-refractivity contribution in [1.29, 1.82) is 0 Å². The molecular formula is C6H15CaNO7P+. The molecule has 0 aliphatic heterocycles. The second-order valence-electron chi connectivity index (χ2n) is 2.78. The summed E-state index contributed by atoms with van der Waals surface area (Å²) in [6.45, 7) is -2.21. The quantitative estimate of drug-likeness (QED) is 0.258. The third-order valence-corrected chi connectivity index (χ3v) is 2.90. The molecule has 2 unspecified atom stereocenters. The standard InChI is InChI=1S/C6H12NO7P.Ca.2H/c7-6(3-9,5(11)12)15(13)14-2-4(10)1-8;;;/h4,8-10H,1-3,7H2;;;/q;+2;2*-1/p+1/t4?,6-;;;/m1.../s1. The van der Waals surface area contributed by atoms with Gasteiger partial charge in [-0.2, -0.15) is 0 Å². The monoisotopic (exact) mass is 284 g/mol. The van der Waals surface area contributed by atoms with E-state index >= 15 is 0 Å². The van der Waals surface area contributed by atoms with E-state index in [0.717, 1.165) is 0 Å². The maximum Gasteiger partial charge on any atom is 2.00 e. The van der Waals surface area contributed by atoms with Crippen LogP contribution in [0.3, 0.4) is 0 Å². The topological polar surface area (TPSA) is 150 Å². The van der Waals surface area contributed by atoms with Crippen molar-refractivity contribution in [3.63, 3.8) is 0 Å². The zero-order valence-electron chi connectivity index (χ0n) is 10.4. The summed E-state index contributed by atoms with van der Waals surface area (Å²) in [6, 6.07) is 0. The summed E-state index contributed by atoms with van der Waals surface area (Å²) in [4.78, 5) is 10.5. The van der Waals surface area contributed by atoms with E-state index in [1.807, 2.05) is 0 Å². The zero-order chi connectivity index (χ0) is 12.1. The van der Waals surface area contributed by atoms with Crippen LogP contribution in [0.2, 0.25) is 0 Å². The zero-order valence-corrected chi connectivity index (χ0v) is 11.5. The van der Waals surface area contributed by atoms with Crippen LogP contribution in [0.25, 0.3) is 0 Å². The number of carboxylic acid groups (broad SMARTS) is 1. The number of aliphatic hydroxyl groups is 3. The number of carbonyl (C=O) groups is 1. The van der Waals surface area contributed by atoms with Crippen molar-refractivity contribution < 1.29 is 37.2 Å². The van der Waals surface area contributed by atoms with Gasteiger partial charge in [-0.25, -0.2) is 4.79 Å². The van der Waals surface area contributed by atoms with Crippen LogP contribution in [-0.4, -0.2) is 95.3 Å². The summed E-state index contributed by atoms with van der Waals surface area (Å²) >= 11 is 0. The molecule has 0 amide bonds. The summed E-state index contributed by atoms with van der Waals surface area (Å²) in [5.74, 6) is -1.68. The molecule has 6 N–H and O–H groups in total. The van der Waals surface area contributed by atoms with Gasteiger partial charge >= 0.3 is 57.0 Å². The fraction of sp³-hybridized carbons (Fsp3) is 0.833. The second-order valence-corrected chi connectivity index (χ2v) is 4.35. The number of carboxylic acids is 1. The SMILES string of the molecule is N[C@@](CO)(C(=O)O)[P+](=O)OCC(O)CO.[Ca+2].[H-].[H-]. The smallest absolute Gasteiger partial charge is 1.00 e. The van der Waals surface area contributed by atoms with E-state index in [9.17, 15) is 9.36 Å². The van der Waals surface area contributed by atoms with Crippen LogP contribution in [-0.2, 0) is 13.9 Å². The predicted octanol–water partition coefficient (Wildman–Crippen LogP) is -2.33. The number of hydrogen-bond acceptors (Lipinski definition) is 7. The minimum atomic E-state index is -2.90. The number of nitrogens with two attached hydrogens (primary N) is 1. The molecule has 0 aliphatic carbocycles. The van der Waals surface area contributed by atoms with E-state index in [-0.39, 0.29) is 40.6 Å². The molecule has 16 heavy (non-hydrogen) atoms. The van der Waals surface area contributed by atoms with E-state index in [0.29, 0.717) is 0 Å². The Labute approximate surface area is 125 Å². The van der Waals surface area contributed by atoms with Crippen LogP contribution in [0.1, 0.15) is 2.85 Å². The maximum absolute atomic E-state index is 11.2. The molecule has 0 saturated carbocycles. The molecule has 0 rings (SSSR count). The van der Waals surface area contributed by atoms with Crippen LogP contribution in [0.4, 0.5) is 0 Å². The number of aliphatic hydroxyl groups excluding tert-OH is 3. The van der Waals surface area contributed by atoms with Crippen molar-refractivity contribution in [3.05, 3.63) is 0 Å². The van der Waals surface area contributed by atoms with Gasteiger partial charge in [0.05, 0.1) is 6.61 Å². The Kier molecular flexibility index (Phi) is 10.3. The molecule has 10 heteroatoms. The fourth-order valence-electron chi connectivity index (χ4n) is 0.525. The third-order valence-electron chi connectivity index (χ3n) is 1.53. The molecule has 0 radical (unpaired) electrons. The van der Waals surface area contributed by atoms with Crippen molar-refractivity contribution >= 4 is 51.7 Å². The Hall–Kier alpha value is 0.630. The maximum atomic E-state index is 11.2. The summed E-state index contributed by atoms with van der Waals surface area (Å²) in [7, 11) is -2.90. The van der Waals surface area contributed by atoms with Crippen molar-refractivity contribution in [2.75, 3.05) is 19.8 Å². The summed E-state index contributed by atoms with van der Waals surface area (Å²) in [6.07, 6.45) is -1.28. The summed E-state index contributed by atoms with van der Waals surface area (Å²) in [5, 5.41) is 32.1. The molecule has 0 fully saturated rings. The summed E-state index contributed by atoms with van der Waals surface area (Å²) in [5.41, 5.74) is 5.11. The van der Waals surface area contributed by atoms with Crippen molar-refractivity contribution in [2.24, 2.45) is 5.73 Å². The number of rotatable bonds is 7. The molecule has 0 heterocycles. The number of aliphatic carboxylic acids is 1. The number of hydrogen-bond donors (Lipinski definition) is 5. The molecule has 0 aromatic carbocycles. The molecule has 0 aromatic rings. The van der Waals surface area contributed by atoms with Crippen LogP contribution in [0.5, 0.6) is 0 Å². The Morgan fingerprint density at radius 3 is 2.38 bits per heavy atom. The Bertz CT molecular complexity index is 262. The van der Waals surface area contributed by atoms with E-state index in [2.05, 4.69) is 4.52 Å². The van der Waals surface area contributed by atoms with E-state index in [1.165, 1.54) is 0 Å². The molecule has 0 saturated heterocycles. The third kappa shape index (κ3) is 5.31. The largest absolute Gasteiger partial charge is 2.00 e. The molecule has 0 aliphatic rings. The molecule has 8 nitrogen and oxygen atoms in total. The molecule has 0 spiro atoms. The Morgan fingerprint density at radius 2 is 2.06 bits per heavy atom. The van der Waals surface area contributed by atoms with Gasteiger partial charge in [-0.3, -0.25) is 5.73 Å². The molecule has 3 atom stereocenters. The Balaban J connectivity index is -0.000000327. The first-order chi connectivity index (χ1) is 6.88. The minimum absolute atomic E-state index is 0. The van der Waals surface area contributed by atoms with Crippen LogP contribution in [0.15, 0.2) is 0 Å². The average Bonchev–Trinajstić information content (AvgIpc) is 2.23. The van der Waals surface area contributed by atoms with Gasteiger partial charge in [-0.05, 0) is 4.57 Å². The summed E-state index contributed by atoms with van der Waals surface area (Å²) < 4.78 is 15.7. The molecule has 0 aromatic heterocycles. The van der Waals surface area contributed by atoms with Gasteiger partial charge in [0.1, 0.15) is 19.3 Å². The first-order valence-electron chi connectivity index (χ1n) is 3.90. The van der Waals surface area contributed by atoms with Gasteiger partial charge < -0.3 is 23.3 Å². The minimum Gasteiger partial charge on any atom is -1.00 e. The molecule has 92 valence electrons. The average molecular weight is 284 g/mol. The van der Waals surface area contributed by atoms with Gasteiger partial charge in [-0.15, -0.1) is 4.52 Å². The van der Waals surface area contributed by atoms with Gasteiger partial charge in [0.25, 0.3) is 0 Å². The first kappa shape index (κ1) is 19.0. The molecular weight excluding hydrogens is 269 g/mol. The fourth-order valence-corrected chi connectivity index (χ4v) is 1.33. The second kappa shape index (κ2) is 8.68. The van der Waals surface area contributed by atoms with E-state index in [1.54, 1.807) is 0 Å². The molecule has 0 bridgehead atoms. The van der Waals surface area contributed by atoms with Gasteiger partial charge in [-0.1, -0.05) is 0 Å². The van der Waals surface area contributed by atoms with Gasteiger partial charge in [0.2, 0.25) is 0 Å². The van der Waals surface area contributed by atoms with Crippen molar-refractivity contribution in [3.8, 4) is 0 Å². The normalized spacial score (nSPS) is 16.9.